The largest absolute Gasteiger partial charge is 0.103 e. The Kier molecular flexibility index (Phi) is 7.10. The third-order valence-corrected chi connectivity index (χ3v) is 6.03. The van der Waals surface area contributed by atoms with Crippen molar-refractivity contribution in [2.45, 2.75) is 70.1 Å². The SMILES string of the molecule is C=CCC1(CC=CCCCCCCCC)c2ccccc2-c2ccccc21. The maximum atomic E-state index is 4.08. The summed E-state index contributed by atoms with van der Waals surface area (Å²) in [6.45, 7) is 6.36. The molecular weight excluding hydrogens is 324 g/mol. The molecule has 142 valence electrons. The van der Waals surface area contributed by atoms with Crippen LogP contribution in [0.1, 0.15) is 75.8 Å². The van der Waals surface area contributed by atoms with Crippen LogP contribution in [0, 0.1) is 0 Å². The summed E-state index contributed by atoms with van der Waals surface area (Å²) in [5.41, 5.74) is 5.79. The van der Waals surface area contributed by atoms with Crippen LogP contribution >= 0.6 is 0 Å². The molecule has 0 N–H and O–H groups in total. The molecule has 0 heterocycles. The second-order valence-electron chi connectivity index (χ2n) is 7.90. The van der Waals surface area contributed by atoms with Gasteiger partial charge in [0, 0.05) is 5.41 Å². The van der Waals surface area contributed by atoms with Crippen LogP contribution in [0.2, 0.25) is 0 Å². The van der Waals surface area contributed by atoms with Gasteiger partial charge in [0.05, 0.1) is 0 Å². The van der Waals surface area contributed by atoms with Gasteiger partial charge in [-0.15, -0.1) is 6.58 Å². The van der Waals surface area contributed by atoms with E-state index in [1.165, 1.54) is 67.2 Å². The van der Waals surface area contributed by atoms with E-state index in [-0.39, 0.29) is 5.41 Å². The number of hydrogen-bond acceptors (Lipinski definition) is 0. The van der Waals surface area contributed by atoms with Crippen molar-refractivity contribution >= 4 is 0 Å². The van der Waals surface area contributed by atoms with Gasteiger partial charge >= 0.3 is 0 Å². The van der Waals surface area contributed by atoms with E-state index in [9.17, 15) is 0 Å². The van der Waals surface area contributed by atoms with Crippen LogP contribution in [0.5, 0.6) is 0 Å². The van der Waals surface area contributed by atoms with Gasteiger partial charge in [-0.2, -0.15) is 0 Å². The Labute approximate surface area is 166 Å². The van der Waals surface area contributed by atoms with Crippen LogP contribution in [0.4, 0.5) is 0 Å². The lowest BCUT2D eigenvalue weighted by molar-refractivity contribution is 0.541. The van der Waals surface area contributed by atoms with Crippen molar-refractivity contribution in [3.05, 3.63) is 84.5 Å². The second kappa shape index (κ2) is 9.74. The van der Waals surface area contributed by atoms with E-state index in [4.69, 9.17) is 0 Å². The fourth-order valence-electron chi connectivity index (χ4n) is 4.63. The molecular formula is C27H34. The van der Waals surface area contributed by atoms with Gasteiger partial charge in [0.15, 0.2) is 0 Å². The molecule has 0 nitrogen and oxygen atoms in total. The highest BCUT2D eigenvalue weighted by atomic mass is 14.4. The normalized spacial score (nSPS) is 14.3. The molecule has 0 aromatic heterocycles. The van der Waals surface area contributed by atoms with Gasteiger partial charge in [0.25, 0.3) is 0 Å². The molecule has 1 aliphatic carbocycles. The number of hydrogen-bond donors (Lipinski definition) is 0. The molecule has 0 spiro atoms. The Hall–Kier alpha value is -2.08. The first kappa shape index (κ1) is 19.7. The number of rotatable bonds is 11. The third kappa shape index (κ3) is 4.26. The maximum Gasteiger partial charge on any atom is 0.0283 e. The maximum absolute atomic E-state index is 4.08. The molecule has 0 radical (unpaired) electrons. The molecule has 2 aromatic carbocycles. The van der Waals surface area contributed by atoms with Crippen molar-refractivity contribution in [1.29, 1.82) is 0 Å². The smallest absolute Gasteiger partial charge is 0.0283 e. The molecule has 0 aliphatic heterocycles. The van der Waals surface area contributed by atoms with Crippen LogP contribution in [0.25, 0.3) is 11.1 Å². The molecule has 2 aromatic rings. The van der Waals surface area contributed by atoms with Crippen LogP contribution in [0.15, 0.2) is 73.3 Å². The third-order valence-electron chi connectivity index (χ3n) is 6.03. The highest BCUT2D eigenvalue weighted by Crippen LogP contribution is 2.52. The average molecular weight is 359 g/mol. The fraction of sp³-hybridized carbons (Fsp3) is 0.407. The van der Waals surface area contributed by atoms with Gasteiger partial charge < -0.3 is 0 Å². The summed E-state index contributed by atoms with van der Waals surface area (Å²) < 4.78 is 0. The Balaban J connectivity index is 1.71. The number of allylic oxidation sites excluding steroid dienone is 3. The topological polar surface area (TPSA) is 0 Å². The molecule has 0 fully saturated rings. The van der Waals surface area contributed by atoms with E-state index in [2.05, 4.69) is 80.3 Å². The van der Waals surface area contributed by atoms with Gasteiger partial charge in [-0.3, -0.25) is 0 Å². The fourth-order valence-corrected chi connectivity index (χ4v) is 4.63. The van der Waals surface area contributed by atoms with Crippen LogP contribution in [-0.4, -0.2) is 0 Å². The van der Waals surface area contributed by atoms with E-state index >= 15 is 0 Å². The monoisotopic (exact) mass is 358 g/mol. The summed E-state index contributed by atoms with van der Waals surface area (Å²) in [6, 6.07) is 17.9. The summed E-state index contributed by atoms with van der Waals surface area (Å²) >= 11 is 0. The highest BCUT2D eigenvalue weighted by Gasteiger charge is 2.40. The zero-order chi connectivity index (χ0) is 19.0. The first-order valence-corrected chi connectivity index (χ1v) is 10.8. The lowest BCUT2D eigenvalue weighted by Crippen LogP contribution is -2.23. The predicted molar refractivity (Wildman–Crippen MR) is 119 cm³/mol. The Morgan fingerprint density at radius 3 is 1.96 bits per heavy atom. The second-order valence-corrected chi connectivity index (χ2v) is 7.90. The van der Waals surface area contributed by atoms with Gasteiger partial charge in [-0.1, -0.05) is 106 Å². The molecule has 3 rings (SSSR count). The number of unbranched alkanes of at least 4 members (excludes halogenated alkanes) is 6. The van der Waals surface area contributed by atoms with Crippen LogP contribution in [0.3, 0.4) is 0 Å². The van der Waals surface area contributed by atoms with E-state index in [1.807, 2.05) is 0 Å². The van der Waals surface area contributed by atoms with Crippen LogP contribution < -0.4 is 0 Å². The summed E-state index contributed by atoms with van der Waals surface area (Å²) in [7, 11) is 0. The molecule has 1 aliphatic rings. The molecule has 0 unspecified atom stereocenters. The van der Waals surface area contributed by atoms with Crippen molar-refractivity contribution in [3.63, 3.8) is 0 Å². The van der Waals surface area contributed by atoms with E-state index in [1.54, 1.807) is 0 Å². The van der Waals surface area contributed by atoms with E-state index in [0.29, 0.717) is 0 Å². The molecule has 0 amide bonds. The van der Waals surface area contributed by atoms with Crippen LogP contribution in [-0.2, 0) is 5.41 Å². The number of fused-ring (bicyclic) bond motifs is 3. The van der Waals surface area contributed by atoms with Crippen molar-refractivity contribution in [2.75, 3.05) is 0 Å². The van der Waals surface area contributed by atoms with Gasteiger partial charge in [0.1, 0.15) is 0 Å². The zero-order valence-electron chi connectivity index (χ0n) is 16.9. The van der Waals surface area contributed by atoms with Gasteiger partial charge in [0.2, 0.25) is 0 Å². The highest BCUT2D eigenvalue weighted by molar-refractivity contribution is 5.81. The van der Waals surface area contributed by atoms with Gasteiger partial charge in [-0.25, -0.2) is 0 Å². The molecule has 0 saturated heterocycles. The van der Waals surface area contributed by atoms with Crippen molar-refractivity contribution < 1.29 is 0 Å². The lowest BCUT2D eigenvalue weighted by Gasteiger charge is -2.30. The molecule has 0 heteroatoms. The quantitative estimate of drug-likeness (QED) is 0.280. The van der Waals surface area contributed by atoms with Crippen molar-refractivity contribution in [1.82, 2.24) is 0 Å². The minimum absolute atomic E-state index is 0.0482. The standard InChI is InChI=1S/C27H34/c1-3-5-6-7-8-9-10-11-16-22-27(21-4-2)25-19-14-12-17-23(25)24-18-13-15-20-26(24)27/h4,11-20H,2-3,5-10,21-22H2,1H3. The van der Waals surface area contributed by atoms with Crippen molar-refractivity contribution in [3.8, 4) is 11.1 Å². The van der Waals surface area contributed by atoms with Crippen molar-refractivity contribution in [2.24, 2.45) is 0 Å². The average Bonchev–Trinajstić information content (AvgIpc) is 2.98. The predicted octanol–water partition coefficient (Wildman–Crippen LogP) is 8.23. The molecule has 0 atom stereocenters. The lowest BCUT2D eigenvalue weighted by atomic mass is 9.73. The summed E-state index contributed by atoms with van der Waals surface area (Å²) in [5, 5.41) is 0. The Bertz CT molecular complexity index is 720. The molecule has 0 saturated carbocycles. The number of benzene rings is 2. The zero-order valence-corrected chi connectivity index (χ0v) is 16.9. The van der Waals surface area contributed by atoms with E-state index in [0.717, 1.165) is 12.8 Å². The first-order valence-electron chi connectivity index (χ1n) is 10.8. The van der Waals surface area contributed by atoms with E-state index < -0.39 is 0 Å². The Morgan fingerprint density at radius 1 is 0.741 bits per heavy atom. The first-order chi connectivity index (χ1) is 13.3. The molecule has 27 heavy (non-hydrogen) atoms. The van der Waals surface area contributed by atoms with Gasteiger partial charge in [-0.05, 0) is 47.9 Å². The summed E-state index contributed by atoms with van der Waals surface area (Å²) in [6.07, 6.45) is 18.4. The summed E-state index contributed by atoms with van der Waals surface area (Å²) in [4.78, 5) is 0. The Morgan fingerprint density at radius 2 is 1.33 bits per heavy atom. The molecule has 0 bridgehead atoms. The summed E-state index contributed by atoms with van der Waals surface area (Å²) in [5.74, 6) is 0. The minimum Gasteiger partial charge on any atom is -0.103 e. The minimum atomic E-state index is 0.0482.